The van der Waals surface area contributed by atoms with Crippen molar-refractivity contribution in [2.45, 2.75) is 6.61 Å². The zero-order chi connectivity index (χ0) is 20.0. The maximum atomic E-state index is 12.4. The summed E-state index contributed by atoms with van der Waals surface area (Å²) in [6.45, 7) is -0.185. The van der Waals surface area contributed by atoms with Crippen molar-refractivity contribution in [3.8, 4) is 11.5 Å². The van der Waals surface area contributed by atoms with Crippen LogP contribution in [0.2, 0.25) is 0 Å². The Morgan fingerprint density at radius 3 is 2.26 bits per heavy atom. The summed E-state index contributed by atoms with van der Waals surface area (Å²) in [6, 6.07) is 8.58. The Morgan fingerprint density at radius 1 is 1.00 bits per heavy atom. The van der Waals surface area contributed by atoms with E-state index in [4.69, 9.17) is 14.2 Å². The number of methoxy groups -OCH3 is 3. The number of nitrogens with zero attached hydrogens (tertiary/aromatic N) is 1. The lowest BCUT2D eigenvalue weighted by molar-refractivity contribution is -0.385. The molecule has 0 radical (unpaired) electrons. The Balaban J connectivity index is 2.25. The molecule has 0 bridgehead atoms. The number of benzene rings is 2. The molecule has 142 valence electrons. The summed E-state index contributed by atoms with van der Waals surface area (Å²) in [7, 11) is 3.93. The molecule has 0 amide bonds. The van der Waals surface area contributed by atoms with Crippen molar-refractivity contribution in [2.75, 3.05) is 21.3 Å². The van der Waals surface area contributed by atoms with Crippen LogP contribution in [0.3, 0.4) is 0 Å². The number of rotatable bonds is 7. The van der Waals surface area contributed by atoms with Crippen LogP contribution < -0.4 is 9.47 Å². The third-order valence-corrected chi connectivity index (χ3v) is 3.64. The van der Waals surface area contributed by atoms with Crippen LogP contribution >= 0.6 is 0 Å². The van der Waals surface area contributed by atoms with Crippen LogP contribution in [0.1, 0.15) is 26.3 Å². The first kappa shape index (κ1) is 19.7. The molecule has 0 aliphatic carbocycles. The molecule has 2 aromatic carbocycles. The predicted molar refractivity (Wildman–Crippen MR) is 93.1 cm³/mol. The highest BCUT2D eigenvalue weighted by Gasteiger charge is 2.25. The second-order valence-corrected chi connectivity index (χ2v) is 5.25. The molecule has 2 rings (SSSR count). The Kier molecular flexibility index (Phi) is 6.32. The minimum absolute atomic E-state index is 0.117. The van der Waals surface area contributed by atoms with Crippen molar-refractivity contribution < 1.29 is 33.5 Å². The Morgan fingerprint density at radius 2 is 1.67 bits per heavy atom. The molecule has 0 unspecified atom stereocenters. The standard InChI is InChI=1S/C18H17NO8/c1-24-15-8-13(14(19(22)23)9-16(15)25-2)18(21)27-10-11-5-4-6-12(7-11)17(20)26-3/h4-9H,10H2,1-3H3. The molecule has 0 aliphatic rings. The van der Waals surface area contributed by atoms with Crippen molar-refractivity contribution >= 4 is 17.6 Å². The van der Waals surface area contributed by atoms with Gasteiger partial charge in [0.05, 0.1) is 37.9 Å². The van der Waals surface area contributed by atoms with E-state index in [-0.39, 0.29) is 23.7 Å². The summed E-state index contributed by atoms with van der Waals surface area (Å²) in [5, 5.41) is 11.3. The molecule has 0 spiro atoms. The normalized spacial score (nSPS) is 10.0. The largest absolute Gasteiger partial charge is 0.493 e. The van der Waals surface area contributed by atoms with Gasteiger partial charge in [0.2, 0.25) is 0 Å². The Bertz CT molecular complexity index is 878. The monoisotopic (exact) mass is 375 g/mol. The minimum atomic E-state index is -0.911. The van der Waals surface area contributed by atoms with E-state index in [9.17, 15) is 19.7 Å². The molecule has 2 aromatic rings. The second-order valence-electron chi connectivity index (χ2n) is 5.25. The van der Waals surface area contributed by atoms with Gasteiger partial charge >= 0.3 is 11.9 Å². The predicted octanol–water partition coefficient (Wildman–Crippen LogP) is 2.76. The van der Waals surface area contributed by atoms with Crippen LogP contribution in [0.25, 0.3) is 0 Å². The first-order valence-electron chi connectivity index (χ1n) is 7.66. The number of carbonyl (C=O) groups is 2. The van der Waals surface area contributed by atoms with E-state index in [2.05, 4.69) is 4.74 Å². The van der Waals surface area contributed by atoms with Gasteiger partial charge in [-0.2, -0.15) is 0 Å². The highest BCUT2D eigenvalue weighted by atomic mass is 16.6. The van der Waals surface area contributed by atoms with Crippen LogP contribution in [-0.2, 0) is 16.1 Å². The van der Waals surface area contributed by atoms with E-state index in [0.717, 1.165) is 6.07 Å². The summed E-state index contributed by atoms with van der Waals surface area (Å²) in [6.07, 6.45) is 0. The lowest BCUT2D eigenvalue weighted by atomic mass is 10.1. The molecule has 0 fully saturated rings. The number of carbonyl (C=O) groups excluding carboxylic acids is 2. The molecule has 0 atom stereocenters. The first-order valence-corrected chi connectivity index (χ1v) is 7.66. The van der Waals surface area contributed by atoms with Gasteiger partial charge in [-0.15, -0.1) is 0 Å². The van der Waals surface area contributed by atoms with Gasteiger partial charge in [0.25, 0.3) is 5.69 Å². The Labute approximate surface area is 154 Å². The van der Waals surface area contributed by atoms with Crippen LogP contribution in [0.15, 0.2) is 36.4 Å². The van der Waals surface area contributed by atoms with Crippen LogP contribution in [0.4, 0.5) is 5.69 Å². The minimum Gasteiger partial charge on any atom is -0.493 e. The smallest absolute Gasteiger partial charge is 0.345 e. The zero-order valence-electron chi connectivity index (χ0n) is 14.9. The van der Waals surface area contributed by atoms with Crippen LogP contribution in [0, 0.1) is 10.1 Å². The molecule has 0 aromatic heterocycles. The number of nitro benzene ring substituents is 1. The molecule has 0 aliphatic heterocycles. The molecular formula is C18H17NO8. The number of ether oxygens (including phenoxy) is 4. The van der Waals surface area contributed by atoms with Crippen molar-refractivity contribution in [1.82, 2.24) is 0 Å². The third-order valence-electron chi connectivity index (χ3n) is 3.64. The molecule has 9 nitrogen and oxygen atoms in total. The number of esters is 2. The number of hydrogen-bond donors (Lipinski definition) is 0. The molecule has 27 heavy (non-hydrogen) atoms. The van der Waals surface area contributed by atoms with E-state index in [1.165, 1.54) is 33.5 Å². The van der Waals surface area contributed by atoms with Gasteiger partial charge in [-0.3, -0.25) is 10.1 Å². The quantitative estimate of drug-likeness (QED) is 0.412. The lowest BCUT2D eigenvalue weighted by Crippen LogP contribution is -2.10. The number of hydrogen-bond acceptors (Lipinski definition) is 8. The van der Waals surface area contributed by atoms with Gasteiger partial charge in [-0.1, -0.05) is 12.1 Å². The summed E-state index contributed by atoms with van der Waals surface area (Å²) in [5.74, 6) is -1.17. The van der Waals surface area contributed by atoms with Crippen molar-refractivity contribution in [1.29, 1.82) is 0 Å². The Hall–Kier alpha value is -3.62. The molecule has 0 saturated heterocycles. The molecule has 0 N–H and O–H groups in total. The first-order chi connectivity index (χ1) is 12.9. The molecule has 9 heteroatoms. The molecule has 0 heterocycles. The highest BCUT2D eigenvalue weighted by Crippen LogP contribution is 2.34. The van der Waals surface area contributed by atoms with Crippen molar-refractivity contribution in [3.05, 3.63) is 63.2 Å². The summed E-state index contributed by atoms with van der Waals surface area (Å²) >= 11 is 0. The topological polar surface area (TPSA) is 114 Å². The zero-order valence-corrected chi connectivity index (χ0v) is 14.9. The summed E-state index contributed by atoms with van der Waals surface area (Å²) in [4.78, 5) is 34.5. The third kappa shape index (κ3) is 4.51. The fraction of sp³-hybridized carbons (Fsp3) is 0.222. The fourth-order valence-corrected chi connectivity index (χ4v) is 2.32. The van der Waals surface area contributed by atoms with E-state index >= 15 is 0 Å². The van der Waals surface area contributed by atoms with Crippen molar-refractivity contribution in [2.24, 2.45) is 0 Å². The van der Waals surface area contributed by atoms with Gasteiger partial charge in [0, 0.05) is 6.07 Å². The van der Waals surface area contributed by atoms with E-state index < -0.39 is 22.5 Å². The average Bonchev–Trinajstić information content (AvgIpc) is 2.70. The average molecular weight is 375 g/mol. The number of nitro groups is 1. The SMILES string of the molecule is COC(=O)c1cccc(COC(=O)c2cc(OC)c(OC)cc2[N+](=O)[O-])c1. The maximum Gasteiger partial charge on any atom is 0.345 e. The van der Waals surface area contributed by atoms with Gasteiger partial charge in [-0.25, -0.2) is 9.59 Å². The maximum absolute atomic E-state index is 12.4. The molecular weight excluding hydrogens is 358 g/mol. The van der Waals surface area contributed by atoms with Gasteiger partial charge in [-0.05, 0) is 17.7 Å². The van der Waals surface area contributed by atoms with Crippen molar-refractivity contribution in [3.63, 3.8) is 0 Å². The molecule has 0 saturated carbocycles. The lowest BCUT2D eigenvalue weighted by Gasteiger charge is -2.11. The van der Waals surface area contributed by atoms with Gasteiger partial charge in [0.1, 0.15) is 12.2 Å². The van der Waals surface area contributed by atoms with Gasteiger partial charge < -0.3 is 18.9 Å². The van der Waals surface area contributed by atoms with Gasteiger partial charge in [0.15, 0.2) is 11.5 Å². The summed E-state index contributed by atoms with van der Waals surface area (Å²) in [5.41, 5.74) is 0.0697. The second kappa shape index (κ2) is 8.65. The summed E-state index contributed by atoms with van der Waals surface area (Å²) < 4.78 is 19.9. The van der Waals surface area contributed by atoms with E-state index in [1.54, 1.807) is 18.2 Å². The van der Waals surface area contributed by atoms with E-state index in [1.807, 2.05) is 0 Å². The fourth-order valence-electron chi connectivity index (χ4n) is 2.32. The van der Waals surface area contributed by atoms with Crippen LogP contribution in [-0.4, -0.2) is 38.2 Å². The van der Waals surface area contributed by atoms with E-state index in [0.29, 0.717) is 11.1 Å². The highest BCUT2D eigenvalue weighted by molar-refractivity contribution is 5.95. The van der Waals surface area contributed by atoms with Crippen LogP contribution in [0.5, 0.6) is 11.5 Å².